The molecule has 0 aliphatic rings. The fourth-order valence-corrected chi connectivity index (χ4v) is 2.52. The number of rotatable bonds is 5. The predicted molar refractivity (Wildman–Crippen MR) is 78.4 cm³/mol. The number of hydrogen-bond acceptors (Lipinski definition) is 2. The van der Waals surface area contributed by atoms with Crippen molar-refractivity contribution in [1.29, 1.82) is 0 Å². The third-order valence-corrected chi connectivity index (χ3v) is 3.65. The van der Waals surface area contributed by atoms with Gasteiger partial charge in [-0.1, -0.05) is 12.1 Å². The van der Waals surface area contributed by atoms with Crippen LogP contribution in [0.1, 0.15) is 31.1 Å². The number of fused-ring (bicyclic) bond motifs is 1. The van der Waals surface area contributed by atoms with Crippen LogP contribution < -0.4 is 5.32 Å². The minimum atomic E-state index is 0.220. The van der Waals surface area contributed by atoms with Crippen LogP contribution in [0, 0.1) is 12.3 Å². The average Bonchev–Trinajstić information content (AvgIpc) is 2.80. The van der Waals surface area contributed by atoms with Gasteiger partial charge in [-0.2, -0.15) is 0 Å². The molecule has 1 aromatic carbocycles. The Labute approximate surface area is 116 Å². The first-order valence-electron chi connectivity index (χ1n) is 6.05. The Kier molecular flexibility index (Phi) is 4.46. The molecule has 0 amide bonds. The number of hydrogen-bond donors (Lipinski definition) is 1. The van der Waals surface area contributed by atoms with E-state index in [1.54, 1.807) is 0 Å². The van der Waals surface area contributed by atoms with Crippen LogP contribution >= 0.6 is 15.9 Å². The number of halogens is 1. The van der Waals surface area contributed by atoms with Crippen molar-refractivity contribution in [2.45, 2.75) is 25.3 Å². The molecule has 0 aliphatic heterocycles. The smallest absolute Gasteiger partial charge is 0.148 e. The van der Waals surface area contributed by atoms with E-state index in [0.29, 0.717) is 0 Å². The number of terminal acetylenes is 1. The third-order valence-electron chi connectivity index (χ3n) is 3.02. The first-order chi connectivity index (χ1) is 8.76. The van der Waals surface area contributed by atoms with Gasteiger partial charge in [0.05, 0.1) is 10.5 Å². The maximum absolute atomic E-state index is 5.92. The minimum Gasteiger partial charge on any atom is -0.458 e. The highest BCUT2D eigenvalue weighted by Crippen LogP contribution is 2.31. The lowest BCUT2D eigenvalue weighted by Gasteiger charge is -2.12. The molecule has 2 nitrogen and oxygen atoms in total. The molecular weight excluding hydrogens is 290 g/mol. The van der Waals surface area contributed by atoms with Gasteiger partial charge in [-0.25, -0.2) is 0 Å². The summed E-state index contributed by atoms with van der Waals surface area (Å²) in [6, 6.07) is 8.37. The summed E-state index contributed by atoms with van der Waals surface area (Å²) in [4.78, 5) is 0. The fourth-order valence-electron chi connectivity index (χ4n) is 2.06. The molecule has 0 saturated carbocycles. The van der Waals surface area contributed by atoms with E-state index in [2.05, 4.69) is 39.3 Å². The second-order valence-electron chi connectivity index (χ2n) is 4.24. The topological polar surface area (TPSA) is 25.2 Å². The van der Waals surface area contributed by atoms with Gasteiger partial charge in [0.1, 0.15) is 11.3 Å². The number of unbranched alkanes of at least 4 members (excludes halogenated alkanes) is 1. The van der Waals surface area contributed by atoms with E-state index in [1.165, 1.54) is 0 Å². The Morgan fingerprint density at radius 1 is 1.50 bits per heavy atom. The lowest BCUT2D eigenvalue weighted by atomic mass is 10.1. The first kappa shape index (κ1) is 13.2. The molecule has 1 heterocycles. The van der Waals surface area contributed by atoms with Gasteiger partial charge in [0.2, 0.25) is 0 Å². The molecule has 18 heavy (non-hydrogen) atoms. The monoisotopic (exact) mass is 305 g/mol. The summed E-state index contributed by atoms with van der Waals surface area (Å²) in [5.41, 5.74) is 0.907. The van der Waals surface area contributed by atoms with E-state index in [1.807, 2.05) is 19.2 Å². The number of nitrogens with one attached hydrogen (secondary N) is 1. The van der Waals surface area contributed by atoms with E-state index in [0.717, 1.165) is 40.5 Å². The van der Waals surface area contributed by atoms with E-state index in [9.17, 15) is 0 Å². The van der Waals surface area contributed by atoms with Crippen molar-refractivity contribution in [2.24, 2.45) is 0 Å². The van der Waals surface area contributed by atoms with Gasteiger partial charge in [0, 0.05) is 11.8 Å². The zero-order chi connectivity index (χ0) is 13.0. The maximum atomic E-state index is 5.92. The van der Waals surface area contributed by atoms with Crippen LogP contribution in [0.2, 0.25) is 0 Å². The summed E-state index contributed by atoms with van der Waals surface area (Å²) in [6.07, 6.45) is 8.07. The maximum Gasteiger partial charge on any atom is 0.148 e. The Balaban J connectivity index is 2.23. The van der Waals surface area contributed by atoms with Gasteiger partial charge in [0.15, 0.2) is 0 Å². The van der Waals surface area contributed by atoms with Crippen LogP contribution in [0.25, 0.3) is 11.0 Å². The number of para-hydroxylation sites is 1. The van der Waals surface area contributed by atoms with Crippen LogP contribution in [0.5, 0.6) is 0 Å². The Morgan fingerprint density at radius 2 is 2.33 bits per heavy atom. The van der Waals surface area contributed by atoms with Crippen LogP contribution in [-0.2, 0) is 0 Å². The number of furan rings is 1. The molecule has 0 bridgehead atoms. The van der Waals surface area contributed by atoms with Gasteiger partial charge < -0.3 is 9.73 Å². The normalized spacial score (nSPS) is 12.5. The summed E-state index contributed by atoms with van der Waals surface area (Å²) in [6.45, 7) is 0. The largest absolute Gasteiger partial charge is 0.458 e. The van der Waals surface area contributed by atoms with Crippen LogP contribution in [0.15, 0.2) is 33.2 Å². The van der Waals surface area contributed by atoms with Crippen molar-refractivity contribution in [2.75, 3.05) is 7.05 Å². The molecule has 2 rings (SSSR count). The van der Waals surface area contributed by atoms with E-state index < -0.39 is 0 Å². The van der Waals surface area contributed by atoms with Gasteiger partial charge in [-0.3, -0.25) is 0 Å². The van der Waals surface area contributed by atoms with Crippen molar-refractivity contribution < 1.29 is 4.42 Å². The minimum absolute atomic E-state index is 0.220. The molecule has 0 fully saturated rings. The number of benzene rings is 1. The van der Waals surface area contributed by atoms with Gasteiger partial charge in [-0.15, -0.1) is 12.3 Å². The lowest BCUT2D eigenvalue weighted by molar-refractivity contribution is 0.426. The predicted octanol–water partition coefficient (Wildman–Crippen LogP) is 4.26. The quantitative estimate of drug-likeness (QED) is 0.659. The molecular formula is C15H16BrNO. The summed E-state index contributed by atoms with van der Waals surface area (Å²) in [5, 5.41) is 4.40. The van der Waals surface area contributed by atoms with Crippen LogP contribution in [-0.4, -0.2) is 7.05 Å². The highest BCUT2D eigenvalue weighted by molar-refractivity contribution is 9.10. The van der Waals surface area contributed by atoms with Gasteiger partial charge in [-0.05, 0) is 48.0 Å². The molecule has 0 aliphatic carbocycles. The van der Waals surface area contributed by atoms with Crippen molar-refractivity contribution >= 4 is 26.9 Å². The summed E-state index contributed by atoms with van der Waals surface area (Å²) >= 11 is 3.50. The van der Waals surface area contributed by atoms with Crippen LogP contribution in [0.3, 0.4) is 0 Å². The SMILES string of the molecule is C#CCCCC(NC)c1cc2cccc(Br)c2o1. The Bertz CT molecular complexity index is 567. The zero-order valence-corrected chi connectivity index (χ0v) is 12.0. The fraction of sp³-hybridized carbons (Fsp3) is 0.333. The molecule has 2 aromatic rings. The van der Waals surface area contributed by atoms with E-state index >= 15 is 0 Å². The molecule has 0 spiro atoms. The first-order valence-corrected chi connectivity index (χ1v) is 6.84. The summed E-state index contributed by atoms with van der Waals surface area (Å²) in [7, 11) is 1.95. The zero-order valence-electron chi connectivity index (χ0n) is 10.4. The highest BCUT2D eigenvalue weighted by atomic mass is 79.9. The van der Waals surface area contributed by atoms with Crippen LogP contribution in [0.4, 0.5) is 0 Å². The molecule has 3 heteroatoms. The molecule has 1 atom stereocenters. The average molecular weight is 306 g/mol. The molecule has 1 aromatic heterocycles. The lowest BCUT2D eigenvalue weighted by Crippen LogP contribution is -2.15. The molecule has 1 unspecified atom stereocenters. The van der Waals surface area contributed by atoms with Crippen molar-refractivity contribution in [3.05, 3.63) is 34.5 Å². The van der Waals surface area contributed by atoms with Crippen molar-refractivity contribution in [3.63, 3.8) is 0 Å². The molecule has 0 radical (unpaired) electrons. The van der Waals surface area contributed by atoms with Crippen molar-refractivity contribution in [1.82, 2.24) is 5.32 Å². The van der Waals surface area contributed by atoms with E-state index in [4.69, 9.17) is 10.8 Å². The molecule has 1 N–H and O–H groups in total. The summed E-state index contributed by atoms with van der Waals surface area (Å²) < 4.78 is 6.91. The Morgan fingerprint density at radius 3 is 3.00 bits per heavy atom. The van der Waals surface area contributed by atoms with Gasteiger partial charge in [0.25, 0.3) is 0 Å². The Hall–Kier alpha value is -1.24. The highest BCUT2D eigenvalue weighted by Gasteiger charge is 2.15. The third kappa shape index (κ3) is 2.77. The van der Waals surface area contributed by atoms with Crippen molar-refractivity contribution in [3.8, 4) is 12.3 Å². The standard InChI is InChI=1S/C15H16BrNO/c1-3-4-5-9-13(17-2)14-10-11-7-6-8-12(16)15(11)18-14/h1,6-8,10,13,17H,4-5,9H2,2H3. The second-order valence-corrected chi connectivity index (χ2v) is 5.10. The van der Waals surface area contributed by atoms with E-state index in [-0.39, 0.29) is 6.04 Å². The molecule has 94 valence electrons. The van der Waals surface area contributed by atoms with Gasteiger partial charge >= 0.3 is 0 Å². The summed E-state index contributed by atoms with van der Waals surface area (Å²) in [5.74, 6) is 3.64. The second kappa shape index (κ2) is 6.08. The molecule has 0 saturated heterocycles.